The van der Waals surface area contributed by atoms with Crippen LogP contribution in [0.2, 0.25) is 0 Å². The van der Waals surface area contributed by atoms with Gasteiger partial charge in [0.2, 0.25) is 0 Å². The highest BCUT2D eigenvalue weighted by atomic mass is 79.9. The Morgan fingerprint density at radius 2 is 2.21 bits per heavy atom. The molecule has 0 fully saturated rings. The average Bonchev–Trinajstić information content (AvgIpc) is 2.20. The molecule has 0 N–H and O–H groups in total. The third kappa shape index (κ3) is 2.58. The number of carbonyl (C=O) groups excluding carboxylic acids is 1. The number of ether oxygens (including phenoxy) is 1. The second-order valence-electron chi connectivity index (χ2n) is 3.01. The lowest BCUT2D eigenvalue weighted by Crippen LogP contribution is -1.98. The monoisotopic (exact) mass is 256 g/mol. The van der Waals surface area contributed by atoms with Crippen LogP contribution in [-0.2, 0) is 0 Å². The first-order chi connectivity index (χ1) is 6.69. The van der Waals surface area contributed by atoms with Gasteiger partial charge in [-0.25, -0.2) is 0 Å². The molecular weight excluding hydrogens is 244 g/mol. The van der Waals surface area contributed by atoms with Crippen molar-refractivity contribution in [3.8, 4) is 5.75 Å². The van der Waals surface area contributed by atoms with Crippen LogP contribution in [0.5, 0.6) is 5.75 Å². The predicted molar refractivity (Wildman–Crippen MR) is 60.2 cm³/mol. The molecule has 2 nitrogen and oxygen atoms in total. The van der Waals surface area contributed by atoms with E-state index in [1.807, 2.05) is 26.0 Å². The lowest BCUT2D eigenvalue weighted by Gasteiger charge is -2.07. The van der Waals surface area contributed by atoms with Crippen molar-refractivity contribution in [1.82, 2.24) is 0 Å². The van der Waals surface area contributed by atoms with E-state index in [1.165, 1.54) is 0 Å². The first-order valence-corrected chi connectivity index (χ1v) is 5.63. The number of rotatable bonds is 4. The summed E-state index contributed by atoms with van der Waals surface area (Å²) < 4.78 is 5.31. The van der Waals surface area contributed by atoms with Crippen LogP contribution in [0.3, 0.4) is 0 Å². The Hall–Kier alpha value is -0.830. The first kappa shape index (κ1) is 11.2. The van der Waals surface area contributed by atoms with Crippen LogP contribution in [0.1, 0.15) is 29.3 Å². The number of hydrogen-bond donors (Lipinski definition) is 0. The van der Waals surface area contributed by atoms with Gasteiger partial charge in [0.05, 0.1) is 0 Å². The Balaban J connectivity index is 2.94. The Morgan fingerprint density at radius 1 is 1.50 bits per heavy atom. The van der Waals surface area contributed by atoms with Crippen LogP contribution in [0, 0.1) is 6.92 Å². The van der Waals surface area contributed by atoms with E-state index in [-0.39, 0.29) is 5.78 Å². The van der Waals surface area contributed by atoms with Crippen molar-refractivity contribution in [1.29, 1.82) is 0 Å². The van der Waals surface area contributed by atoms with E-state index in [9.17, 15) is 4.79 Å². The zero-order chi connectivity index (χ0) is 10.6. The van der Waals surface area contributed by atoms with Crippen molar-refractivity contribution in [2.24, 2.45) is 0 Å². The zero-order valence-corrected chi connectivity index (χ0v) is 9.93. The van der Waals surface area contributed by atoms with Crippen molar-refractivity contribution in [3.05, 3.63) is 29.3 Å². The Bertz CT molecular complexity index is 334. The molecule has 14 heavy (non-hydrogen) atoms. The van der Waals surface area contributed by atoms with Crippen molar-refractivity contribution in [2.45, 2.75) is 20.3 Å². The van der Waals surface area contributed by atoms with E-state index in [0.717, 1.165) is 16.9 Å². The average molecular weight is 257 g/mol. The summed E-state index contributed by atoms with van der Waals surface area (Å²) in [6.45, 7) is 3.80. The number of ketones is 1. The quantitative estimate of drug-likeness (QED) is 0.611. The van der Waals surface area contributed by atoms with Gasteiger partial charge in [-0.2, -0.15) is 0 Å². The molecule has 1 rings (SSSR count). The van der Waals surface area contributed by atoms with E-state index in [1.54, 1.807) is 6.07 Å². The second-order valence-corrected chi connectivity index (χ2v) is 3.47. The fraction of sp³-hybridized carbons (Fsp3) is 0.364. The maximum atomic E-state index is 11.4. The number of halogens is 1. The minimum Gasteiger partial charge on any atom is -0.482 e. The van der Waals surface area contributed by atoms with Crippen LogP contribution in [0.4, 0.5) is 0 Å². The third-order valence-electron chi connectivity index (χ3n) is 2.03. The Labute approximate surface area is 92.4 Å². The minimum absolute atomic E-state index is 0.165. The summed E-state index contributed by atoms with van der Waals surface area (Å²) in [6, 6.07) is 5.50. The lowest BCUT2D eigenvalue weighted by atomic mass is 10.1. The number of benzene rings is 1. The standard InChI is InChI=1S/C11H13BrO2/c1-3-10(13)9-4-5-11(14-7-12)8(2)6-9/h4-6H,3,7H2,1-2H3. The maximum absolute atomic E-state index is 11.4. The lowest BCUT2D eigenvalue weighted by molar-refractivity contribution is 0.0988. The first-order valence-electron chi connectivity index (χ1n) is 4.51. The number of alkyl halides is 1. The second kappa shape index (κ2) is 5.15. The van der Waals surface area contributed by atoms with Crippen molar-refractivity contribution in [3.63, 3.8) is 0 Å². The number of carbonyl (C=O) groups is 1. The molecule has 3 heteroatoms. The van der Waals surface area contributed by atoms with Gasteiger partial charge >= 0.3 is 0 Å². The van der Waals surface area contributed by atoms with Gasteiger partial charge in [0.25, 0.3) is 0 Å². The predicted octanol–water partition coefficient (Wildman–Crippen LogP) is 3.32. The summed E-state index contributed by atoms with van der Waals surface area (Å²) in [4.78, 5) is 11.4. The SMILES string of the molecule is CCC(=O)c1ccc(OCBr)c(C)c1. The molecule has 1 aromatic carbocycles. The molecule has 0 saturated carbocycles. The molecule has 1 aromatic rings. The molecule has 0 unspecified atom stereocenters. The molecule has 0 amide bonds. The molecule has 0 spiro atoms. The van der Waals surface area contributed by atoms with Crippen molar-refractivity contribution in [2.75, 3.05) is 5.52 Å². The Morgan fingerprint density at radius 3 is 2.71 bits per heavy atom. The van der Waals surface area contributed by atoms with Crippen LogP contribution < -0.4 is 4.74 Å². The summed E-state index contributed by atoms with van der Waals surface area (Å²) in [6.07, 6.45) is 0.540. The molecule has 0 atom stereocenters. The molecule has 0 heterocycles. The van der Waals surface area contributed by atoms with Crippen molar-refractivity contribution >= 4 is 21.7 Å². The molecule has 0 bridgehead atoms. The molecule has 76 valence electrons. The molecule has 0 aliphatic heterocycles. The molecule has 0 aliphatic rings. The fourth-order valence-corrected chi connectivity index (χ4v) is 1.49. The highest BCUT2D eigenvalue weighted by molar-refractivity contribution is 9.09. The minimum atomic E-state index is 0.165. The van der Waals surface area contributed by atoms with Crippen LogP contribution in [0.15, 0.2) is 18.2 Å². The fourth-order valence-electron chi connectivity index (χ4n) is 1.25. The topological polar surface area (TPSA) is 26.3 Å². The van der Waals surface area contributed by atoms with Gasteiger partial charge in [0, 0.05) is 12.0 Å². The molecule has 0 aromatic heterocycles. The summed E-state index contributed by atoms with van der Waals surface area (Å²) in [5, 5.41) is 0. The van der Waals surface area contributed by atoms with E-state index in [2.05, 4.69) is 15.9 Å². The number of hydrogen-bond acceptors (Lipinski definition) is 2. The van der Waals surface area contributed by atoms with Gasteiger partial charge in [0.15, 0.2) is 5.78 Å². The smallest absolute Gasteiger partial charge is 0.162 e. The summed E-state index contributed by atoms with van der Waals surface area (Å²) in [5.74, 6) is 0.980. The van der Waals surface area contributed by atoms with Gasteiger partial charge in [-0.05, 0) is 46.6 Å². The Kier molecular flexibility index (Phi) is 4.14. The maximum Gasteiger partial charge on any atom is 0.162 e. The summed E-state index contributed by atoms with van der Waals surface area (Å²) in [5.41, 5.74) is 2.21. The van der Waals surface area contributed by atoms with E-state index in [0.29, 0.717) is 11.9 Å². The van der Waals surface area contributed by atoms with E-state index < -0.39 is 0 Å². The van der Waals surface area contributed by atoms with Gasteiger partial charge in [-0.15, -0.1) is 0 Å². The largest absolute Gasteiger partial charge is 0.482 e. The normalized spacial score (nSPS) is 9.93. The van der Waals surface area contributed by atoms with Crippen molar-refractivity contribution < 1.29 is 9.53 Å². The van der Waals surface area contributed by atoms with Gasteiger partial charge in [0.1, 0.15) is 11.3 Å². The van der Waals surface area contributed by atoms with E-state index >= 15 is 0 Å². The van der Waals surface area contributed by atoms with Gasteiger partial charge in [-0.1, -0.05) is 6.92 Å². The summed E-state index contributed by atoms with van der Waals surface area (Å²) in [7, 11) is 0. The van der Waals surface area contributed by atoms with Crippen LogP contribution >= 0.6 is 15.9 Å². The molecular formula is C11H13BrO2. The molecule has 0 saturated heterocycles. The third-order valence-corrected chi connectivity index (χ3v) is 2.26. The zero-order valence-electron chi connectivity index (χ0n) is 8.34. The molecule has 0 radical (unpaired) electrons. The highest BCUT2D eigenvalue weighted by Gasteiger charge is 2.05. The van der Waals surface area contributed by atoms with Gasteiger partial charge in [-0.3, -0.25) is 4.79 Å². The van der Waals surface area contributed by atoms with Crippen LogP contribution in [-0.4, -0.2) is 11.3 Å². The number of Topliss-reactive ketones (excluding diaryl/α,β-unsaturated/α-hetero) is 1. The van der Waals surface area contributed by atoms with Crippen LogP contribution in [0.25, 0.3) is 0 Å². The molecule has 0 aliphatic carbocycles. The van der Waals surface area contributed by atoms with E-state index in [4.69, 9.17) is 4.74 Å². The summed E-state index contributed by atoms with van der Waals surface area (Å²) >= 11 is 3.19. The highest BCUT2D eigenvalue weighted by Crippen LogP contribution is 2.20. The van der Waals surface area contributed by atoms with Gasteiger partial charge < -0.3 is 4.74 Å². The number of aryl methyl sites for hydroxylation is 1.